The van der Waals surface area contributed by atoms with Crippen LogP contribution in [0.5, 0.6) is 0 Å². The van der Waals surface area contributed by atoms with Gasteiger partial charge in [0.2, 0.25) is 0 Å². The third-order valence-corrected chi connectivity index (χ3v) is 2.97. The minimum absolute atomic E-state index is 0.252. The van der Waals surface area contributed by atoms with Crippen LogP contribution in [0.3, 0.4) is 0 Å². The number of rotatable bonds is 3. The van der Waals surface area contributed by atoms with Gasteiger partial charge in [-0.2, -0.15) is 11.8 Å². The molecule has 1 fully saturated rings. The molecule has 1 rings (SSSR count). The Labute approximate surface area is 91.6 Å². The van der Waals surface area contributed by atoms with Crippen LogP contribution in [0.15, 0.2) is 0 Å². The molecule has 2 amide bonds. The summed E-state index contributed by atoms with van der Waals surface area (Å²) in [4.78, 5) is 23.3. The van der Waals surface area contributed by atoms with Crippen molar-refractivity contribution >= 4 is 23.8 Å². The summed E-state index contributed by atoms with van der Waals surface area (Å²) in [6.07, 6.45) is -1.53. The van der Waals surface area contributed by atoms with Crippen molar-refractivity contribution in [3.63, 3.8) is 0 Å². The molecule has 0 spiro atoms. The number of carboxylic acids is 1. The third-order valence-electron chi connectivity index (χ3n) is 2.03. The summed E-state index contributed by atoms with van der Waals surface area (Å²) < 4.78 is 0. The number of carbonyl (C=O) groups excluding carboxylic acids is 1. The van der Waals surface area contributed by atoms with Crippen LogP contribution in [0, 0.1) is 0 Å². The topological polar surface area (TPSA) is 89.9 Å². The summed E-state index contributed by atoms with van der Waals surface area (Å²) in [6, 6.07) is -0.310. The average Bonchev–Trinajstić information content (AvgIpc) is 2.26. The maximum Gasteiger partial charge on any atom is 0.334 e. The van der Waals surface area contributed by atoms with Gasteiger partial charge < -0.3 is 20.4 Å². The van der Waals surface area contributed by atoms with E-state index in [0.717, 1.165) is 11.5 Å². The third kappa shape index (κ3) is 3.96. The van der Waals surface area contributed by atoms with Crippen LogP contribution in [0.25, 0.3) is 0 Å². The van der Waals surface area contributed by atoms with Crippen molar-refractivity contribution in [1.29, 1.82) is 0 Å². The Kier molecular flexibility index (Phi) is 4.70. The van der Waals surface area contributed by atoms with E-state index in [1.807, 2.05) is 0 Å². The van der Waals surface area contributed by atoms with Crippen LogP contribution in [0.1, 0.15) is 0 Å². The van der Waals surface area contributed by atoms with Gasteiger partial charge in [0, 0.05) is 24.6 Å². The first-order valence-electron chi connectivity index (χ1n) is 4.62. The number of aliphatic hydroxyl groups is 1. The normalized spacial score (nSPS) is 18.3. The van der Waals surface area contributed by atoms with Crippen LogP contribution in [-0.2, 0) is 4.79 Å². The molecule has 86 valence electrons. The molecule has 0 radical (unpaired) electrons. The van der Waals surface area contributed by atoms with Crippen molar-refractivity contribution in [2.45, 2.75) is 6.10 Å². The second-order valence-electron chi connectivity index (χ2n) is 3.14. The van der Waals surface area contributed by atoms with E-state index in [1.165, 1.54) is 0 Å². The molecule has 1 aliphatic heterocycles. The number of carbonyl (C=O) groups is 2. The zero-order valence-electron chi connectivity index (χ0n) is 8.18. The smallest absolute Gasteiger partial charge is 0.334 e. The minimum atomic E-state index is -1.53. The number of carboxylic acid groups (broad SMARTS) is 1. The average molecular weight is 234 g/mol. The minimum Gasteiger partial charge on any atom is -0.479 e. The number of nitrogens with zero attached hydrogens (tertiary/aromatic N) is 1. The second-order valence-corrected chi connectivity index (χ2v) is 4.36. The Balaban J connectivity index is 2.25. The molecule has 0 bridgehead atoms. The van der Waals surface area contributed by atoms with E-state index in [2.05, 4.69) is 5.32 Å². The Morgan fingerprint density at radius 3 is 2.53 bits per heavy atom. The lowest BCUT2D eigenvalue weighted by Gasteiger charge is -2.26. The Morgan fingerprint density at radius 1 is 1.40 bits per heavy atom. The van der Waals surface area contributed by atoms with E-state index < -0.39 is 12.1 Å². The van der Waals surface area contributed by atoms with Crippen LogP contribution >= 0.6 is 11.8 Å². The largest absolute Gasteiger partial charge is 0.479 e. The lowest BCUT2D eigenvalue weighted by molar-refractivity contribution is -0.146. The lowest BCUT2D eigenvalue weighted by Crippen LogP contribution is -2.47. The molecule has 1 aliphatic rings. The molecule has 0 aromatic rings. The molecule has 1 atom stereocenters. The molecule has 0 aromatic carbocycles. The van der Waals surface area contributed by atoms with Gasteiger partial charge in [0.1, 0.15) is 0 Å². The molecule has 6 nitrogen and oxygen atoms in total. The summed E-state index contributed by atoms with van der Waals surface area (Å²) >= 11 is 1.78. The van der Waals surface area contributed by atoms with Gasteiger partial charge in [-0.15, -0.1) is 0 Å². The fourth-order valence-electron chi connectivity index (χ4n) is 1.15. The maximum atomic E-state index is 11.4. The van der Waals surface area contributed by atoms with Gasteiger partial charge in [0.15, 0.2) is 6.10 Å². The van der Waals surface area contributed by atoms with Crippen LogP contribution in [0.4, 0.5) is 4.79 Å². The number of nitrogens with one attached hydrogen (secondary N) is 1. The summed E-state index contributed by atoms with van der Waals surface area (Å²) in [7, 11) is 0. The molecule has 0 aromatic heterocycles. The number of aliphatic hydroxyl groups excluding tert-OH is 1. The first-order chi connectivity index (χ1) is 7.11. The number of hydrogen-bond acceptors (Lipinski definition) is 4. The summed E-state index contributed by atoms with van der Waals surface area (Å²) in [5.74, 6) is 0.466. The summed E-state index contributed by atoms with van der Waals surface area (Å²) in [5.41, 5.74) is 0. The molecule has 3 N–H and O–H groups in total. The van der Waals surface area contributed by atoms with Gasteiger partial charge in [0.25, 0.3) is 0 Å². The van der Waals surface area contributed by atoms with Crippen molar-refractivity contribution in [3.8, 4) is 0 Å². The second kappa shape index (κ2) is 5.82. The van der Waals surface area contributed by atoms with Gasteiger partial charge in [-0.3, -0.25) is 0 Å². The fraction of sp³-hybridized carbons (Fsp3) is 0.750. The van der Waals surface area contributed by atoms with Crippen molar-refractivity contribution in [2.75, 3.05) is 31.1 Å². The number of thioether (sulfide) groups is 1. The molecule has 1 heterocycles. The van der Waals surface area contributed by atoms with Crippen LogP contribution in [-0.4, -0.2) is 64.4 Å². The zero-order valence-corrected chi connectivity index (χ0v) is 9.00. The fourth-order valence-corrected chi connectivity index (χ4v) is 2.05. The van der Waals surface area contributed by atoms with E-state index in [4.69, 9.17) is 10.2 Å². The molecular weight excluding hydrogens is 220 g/mol. The molecule has 0 aliphatic carbocycles. The first kappa shape index (κ1) is 12.1. The number of urea groups is 1. The molecule has 15 heavy (non-hydrogen) atoms. The van der Waals surface area contributed by atoms with E-state index in [-0.39, 0.29) is 12.6 Å². The quantitative estimate of drug-likeness (QED) is 0.594. The van der Waals surface area contributed by atoms with Crippen molar-refractivity contribution < 1.29 is 19.8 Å². The Morgan fingerprint density at radius 2 is 2.00 bits per heavy atom. The molecular formula is C8H14N2O4S. The van der Waals surface area contributed by atoms with Crippen molar-refractivity contribution in [1.82, 2.24) is 10.2 Å². The molecule has 1 saturated heterocycles. The van der Waals surface area contributed by atoms with Crippen LogP contribution in [0.2, 0.25) is 0 Å². The van der Waals surface area contributed by atoms with Crippen molar-refractivity contribution in [2.24, 2.45) is 0 Å². The highest BCUT2D eigenvalue weighted by atomic mass is 32.2. The number of hydrogen-bond donors (Lipinski definition) is 3. The highest BCUT2D eigenvalue weighted by molar-refractivity contribution is 7.99. The highest BCUT2D eigenvalue weighted by Gasteiger charge is 2.19. The number of aliphatic carboxylic acids is 1. The van der Waals surface area contributed by atoms with Crippen molar-refractivity contribution in [3.05, 3.63) is 0 Å². The summed E-state index contributed by atoms with van der Waals surface area (Å²) in [5, 5.41) is 19.7. The van der Waals surface area contributed by atoms with E-state index in [1.54, 1.807) is 16.7 Å². The molecule has 7 heteroatoms. The van der Waals surface area contributed by atoms with E-state index in [0.29, 0.717) is 13.1 Å². The van der Waals surface area contributed by atoms with Crippen LogP contribution < -0.4 is 5.32 Å². The lowest BCUT2D eigenvalue weighted by atomic mass is 10.3. The first-order valence-corrected chi connectivity index (χ1v) is 5.78. The predicted molar refractivity (Wildman–Crippen MR) is 55.9 cm³/mol. The Bertz CT molecular complexity index is 243. The Hall–Kier alpha value is -0.950. The summed E-state index contributed by atoms with van der Waals surface area (Å²) in [6.45, 7) is 1.08. The van der Waals surface area contributed by atoms with Gasteiger partial charge in [-0.1, -0.05) is 0 Å². The van der Waals surface area contributed by atoms with E-state index in [9.17, 15) is 9.59 Å². The number of amides is 2. The molecule has 0 saturated carbocycles. The monoisotopic (exact) mass is 234 g/mol. The van der Waals surface area contributed by atoms with Gasteiger partial charge in [0.05, 0.1) is 6.54 Å². The SMILES string of the molecule is O=C(O)[C@@H](O)CNC(=O)N1CCSCC1. The zero-order chi connectivity index (χ0) is 11.3. The highest BCUT2D eigenvalue weighted by Crippen LogP contribution is 2.08. The van der Waals surface area contributed by atoms with Gasteiger partial charge >= 0.3 is 12.0 Å². The predicted octanol–water partition coefficient (Wildman–Crippen LogP) is -0.810. The van der Waals surface area contributed by atoms with Gasteiger partial charge in [-0.05, 0) is 0 Å². The standard InChI is InChI=1S/C8H14N2O4S/c11-6(7(12)13)5-9-8(14)10-1-3-15-4-2-10/h6,11H,1-5H2,(H,9,14)(H,12,13)/t6-/m0/s1. The molecule has 0 unspecified atom stereocenters. The van der Waals surface area contributed by atoms with Gasteiger partial charge in [-0.25, -0.2) is 9.59 Å². The van der Waals surface area contributed by atoms with E-state index >= 15 is 0 Å². The maximum absolute atomic E-state index is 11.4.